The molecule has 3 aromatic heterocycles. The zero-order valence-electron chi connectivity index (χ0n) is 10.7. The van der Waals surface area contributed by atoms with Gasteiger partial charge in [0.2, 0.25) is 5.95 Å². The van der Waals surface area contributed by atoms with Gasteiger partial charge < -0.3 is 9.26 Å². The maximum absolute atomic E-state index is 12.1. The van der Waals surface area contributed by atoms with E-state index in [0.717, 1.165) is 0 Å². The molecule has 9 nitrogen and oxygen atoms in total. The molecule has 0 aliphatic heterocycles. The lowest BCUT2D eigenvalue weighted by atomic mass is 10.2. The summed E-state index contributed by atoms with van der Waals surface area (Å²) in [5.41, 5.74) is 1.42. The molecule has 9 heteroatoms. The predicted molar refractivity (Wildman–Crippen MR) is 67.4 cm³/mol. The number of nitrogens with zero attached hydrogens (tertiary/aromatic N) is 4. The van der Waals surface area contributed by atoms with Crippen molar-refractivity contribution in [3.63, 3.8) is 0 Å². The third-order valence-electron chi connectivity index (χ3n) is 2.65. The number of aromatic amines is 1. The summed E-state index contributed by atoms with van der Waals surface area (Å²) < 4.78 is 9.79. The fraction of sp³-hybridized carbons (Fsp3) is 0.182. The average molecular weight is 274 g/mol. The summed E-state index contributed by atoms with van der Waals surface area (Å²) in [7, 11) is 1.43. The fourth-order valence-electron chi connectivity index (χ4n) is 1.64. The minimum absolute atomic E-state index is 0.142. The molecule has 0 bridgehead atoms. The number of H-pyrrole nitrogens is 1. The number of methoxy groups -OCH3 is 1. The molecule has 2 N–H and O–H groups in total. The first-order valence-electron chi connectivity index (χ1n) is 5.67. The monoisotopic (exact) mass is 274 g/mol. The van der Waals surface area contributed by atoms with Crippen molar-refractivity contribution < 1.29 is 14.1 Å². The molecule has 0 fully saturated rings. The molecule has 3 rings (SSSR count). The Morgan fingerprint density at radius 3 is 3.10 bits per heavy atom. The smallest absolute Gasteiger partial charge is 0.336 e. The van der Waals surface area contributed by atoms with Gasteiger partial charge in [0.25, 0.3) is 11.6 Å². The third kappa shape index (κ3) is 2.05. The Balaban J connectivity index is 1.86. The van der Waals surface area contributed by atoms with Crippen LogP contribution in [-0.4, -0.2) is 38.3 Å². The SMILES string of the molecule is COc1n[nH]c(NC(=O)c2cnc3onc(C)c3c2)n1. The van der Waals surface area contributed by atoms with Crippen LogP contribution < -0.4 is 10.1 Å². The molecular weight excluding hydrogens is 264 g/mol. The summed E-state index contributed by atoms with van der Waals surface area (Å²) in [6.45, 7) is 1.77. The first-order valence-corrected chi connectivity index (χ1v) is 5.67. The number of carbonyl (C=O) groups excluding carboxylic acids is 1. The van der Waals surface area contributed by atoms with E-state index in [9.17, 15) is 4.79 Å². The molecule has 0 saturated carbocycles. The Bertz CT molecular complexity index is 777. The van der Waals surface area contributed by atoms with Gasteiger partial charge in [0.1, 0.15) is 0 Å². The molecule has 0 radical (unpaired) electrons. The zero-order chi connectivity index (χ0) is 14.1. The van der Waals surface area contributed by atoms with Crippen molar-refractivity contribution in [2.24, 2.45) is 0 Å². The summed E-state index contributed by atoms with van der Waals surface area (Å²) in [5.74, 6) is -0.187. The predicted octanol–water partition coefficient (Wildman–Crippen LogP) is 0.910. The summed E-state index contributed by atoms with van der Waals surface area (Å²) in [6.07, 6.45) is 1.40. The highest BCUT2D eigenvalue weighted by Gasteiger charge is 2.13. The Kier molecular flexibility index (Phi) is 2.78. The molecular formula is C11H10N6O3. The first-order chi connectivity index (χ1) is 9.67. The van der Waals surface area contributed by atoms with E-state index in [1.807, 2.05) is 0 Å². The molecule has 0 aromatic carbocycles. The second kappa shape index (κ2) is 4.61. The van der Waals surface area contributed by atoms with Gasteiger partial charge in [-0.15, -0.1) is 5.10 Å². The number of amides is 1. The Hall–Kier alpha value is -2.97. The van der Waals surface area contributed by atoms with Crippen molar-refractivity contribution in [1.82, 2.24) is 25.3 Å². The maximum Gasteiger partial charge on any atom is 0.336 e. The molecule has 1 amide bonds. The van der Waals surface area contributed by atoms with Crippen molar-refractivity contribution in [2.75, 3.05) is 12.4 Å². The minimum atomic E-state index is -0.376. The maximum atomic E-state index is 12.1. The molecule has 0 saturated heterocycles. The second-order valence-corrected chi connectivity index (χ2v) is 3.97. The van der Waals surface area contributed by atoms with Gasteiger partial charge in [0, 0.05) is 6.20 Å². The highest BCUT2D eigenvalue weighted by Crippen LogP contribution is 2.17. The van der Waals surface area contributed by atoms with Gasteiger partial charge in [-0.2, -0.15) is 4.98 Å². The van der Waals surface area contributed by atoms with Gasteiger partial charge in [-0.25, -0.2) is 10.1 Å². The number of aromatic nitrogens is 5. The number of nitrogens with one attached hydrogen (secondary N) is 2. The van der Waals surface area contributed by atoms with E-state index < -0.39 is 0 Å². The lowest BCUT2D eigenvalue weighted by molar-refractivity contribution is 0.102. The highest BCUT2D eigenvalue weighted by molar-refractivity contribution is 6.04. The van der Waals surface area contributed by atoms with Crippen LogP contribution in [0.4, 0.5) is 5.95 Å². The topological polar surface area (TPSA) is 119 Å². The summed E-state index contributed by atoms with van der Waals surface area (Å²) in [6, 6.07) is 1.79. The van der Waals surface area contributed by atoms with E-state index in [-0.39, 0.29) is 17.9 Å². The molecule has 3 aromatic rings. The third-order valence-corrected chi connectivity index (χ3v) is 2.65. The molecule has 20 heavy (non-hydrogen) atoms. The normalized spacial score (nSPS) is 10.7. The van der Waals surface area contributed by atoms with Gasteiger partial charge in [0.15, 0.2) is 0 Å². The largest absolute Gasteiger partial charge is 0.466 e. The summed E-state index contributed by atoms with van der Waals surface area (Å²) >= 11 is 0. The average Bonchev–Trinajstić information content (AvgIpc) is 3.06. The fourth-order valence-corrected chi connectivity index (χ4v) is 1.64. The van der Waals surface area contributed by atoms with Crippen LogP contribution >= 0.6 is 0 Å². The molecule has 0 aliphatic carbocycles. The van der Waals surface area contributed by atoms with Gasteiger partial charge in [-0.3, -0.25) is 10.1 Å². The van der Waals surface area contributed by atoms with Crippen LogP contribution in [0.2, 0.25) is 0 Å². The number of ether oxygens (including phenoxy) is 1. The van der Waals surface area contributed by atoms with E-state index in [1.54, 1.807) is 13.0 Å². The Labute approximate surface area is 112 Å². The van der Waals surface area contributed by atoms with Crippen molar-refractivity contribution >= 4 is 23.0 Å². The second-order valence-electron chi connectivity index (χ2n) is 3.97. The van der Waals surface area contributed by atoms with Crippen molar-refractivity contribution in [2.45, 2.75) is 6.92 Å². The lowest BCUT2D eigenvalue weighted by Crippen LogP contribution is -2.13. The summed E-state index contributed by atoms with van der Waals surface area (Å²) in [4.78, 5) is 20.0. The van der Waals surface area contributed by atoms with Gasteiger partial charge in [-0.1, -0.05) is 5.16 Å². The van der Waals surface area contributed by atoms with Crippen LogP contribution in [0.5, 0.6) is 6.01 Å². The first kappa shape index (κ1) is 12.1. The summed E-state index contributed by atoms with van der Waals surface area (Å²) in [5, 5.41) is 13.3. The van der Waals surface area contributed by atoms with Crippen LogP contribution in [0, 0.1) is 6.92 Å². The van der Waals surface area contributed by atoms with Gasteiger partial charge in [0.05, 0.1) is 23.8 Å². The van der Waals surface area contributed by atoms with Gasteiger partial charge >= 0.3 is 6.01 Å². The quantitative estimate of drug-likeness (QED) is 0.728. The van der Waals surface area contributed by atoms with Crippen LogP contribution in [0.3, 0.4) is 0 Å². The number of carbonyl (C=O) groups is 1. The van der Waals surface area contributed by atoms with Crippen molar-refractivity contribution in [3.05, 3.63) is 23.5 Å². The number of anilines is 1. The number of hydrogen-bond acceptors (Lipinski definition) is 7. The molecule has 0 spiro atoms. The number of pyridine rings is 1. The van der Waals surface area contributed by atoms with E-state index in [0.29, 0.717) is 22.4 Å². The van der Waals surface area contributed by atoms with E-state index >= 15 is 0 Å². The Morgan fingerprint density at radius 2 is 2.35 bits per heavy atom. The molecule has 0 aliphatic rings. The van der Waals surface area contributed by atoms with E-state index in [1.165, 1.54) is 13.3 Å². The van der Waals surface area contributed by atoms with Crippen LogP contribution in [0.1, 0.15) is 16.1 Å². The van der Waals surface area contributed by atoms with Crippen LogP contribution in [0.25, 0.3) is 11.1 Å². The highest BCUT2D eigenvalue weighted by atomic mass is 16.5. The standard InChI is InChI=1S/C11H10N6O3/c1-5-7-3-6(4-12-9(7)20-17-5)8(18)13-10-14-11(19-2)16-15-10/h3-4H,1-2H3,(H2,13,14,15,16,18). The number of hydrogen-bond donors (Lipinski definition) is 2. The number of fused-ring (bicyclic) bond motifs is 1. The molecule has 102 valence electrons. The van der Waals surface area contributed by atoms with E-state index in [2.05, 4.69) is 30.6 Å². The van der Waals surface area contributed by atoms with Crippen molar-refractivity contribution in [1.29, 1.82) is 0 Å². The molecule has 3 heterocycles. The number of aryl methyl sites for hydroxylation is 1. The van der Waals surface area contributed by atoms with Crippen molar-refractivity contribution in [3.8, 4) is 6.01 Å². The van der Waals surface area contributed by atoms with Crippen LogP contribution in [-0.2, 0) is 0 Å². The number of rotatable bonds is 3. The minimum Gasteiger partial charge on any atom is -0.466 e. The lowest BCUT2D eigenvalue weighted by Gasteiger charge is -2.00. The molecule has 0 unspecified atom stereocenters. The van der Waals surface area contributed by atoms with E-state index in [4.69, 9.17) is 9.26 Å². The zero-order valence-corrected chi connectivity index (χ0v) is 10.7. The molecule has 0 atom stereocenters. The Morgan fingerprint density at radius 1 is 1.50 bits per heavy atom. The van der Waals surface area contributed by atoms with Crippen LogP contribution in [0.15, 0.2) is 16.8 Å². The van der Waals surface area contributed by atoms with Gasteiger partial charge in [-0.05, 0) is 13.0 Å².